The standard InChI is InChI=1S/C22H28N4O3S/c1-17-13-18(2)15-20(14-17)26(30(28,29)21-7-5-4-6-8-21)16-22(27)24-23-19-9-11-25(3)12-10-19/h4-8,13-15H,9-12,16H2,1-3H3,(H,24,27). The molecule has 1 aliphatic heterocycles. The maximum Gasteiger partial charge on any atom is 0.264 e. The molecule has 1 aliphatic rings. The Kier molecular flexibility index (Phi) is 6.89. The fourth-order valence-electron chi connectivity index (χ4n) is 3.43. The highest BCUT2D eigenvalue weighted by Crippen LogP contribution is 2.25. The van der Waals surface area contributed by atoms with Gasteiger partial charge in [0.1, 0.15) is 6.54 Å². The number of rotatable bonds is 6. The molecule has 2 aromatic carbocycles. The summed E-state index contributed by atoms with van der Waals surface area (Å²) >= 11 is 0. The van der Waals surface area contributed by atoms with Gasteiger partial charge >= 0.3 is 0 Å². The number of carbonyl (C=O) groups excluding carboxylic acids is 1. The first-order chi connectivity index (χ1) is 14.3. The number of anilines is 1. The van der Waals surface area contributed by atoms with Gasteiger partial charge in [-0.3, -0.25) is 9.10 Å². The molecule has 8 heteroatoms. The molecule has 0 aliphatic carbocycles. The Morgan fingerprint density at radius 1 is 1.07 bits per heavy atom. The number of carbonyl (C=O) groups is 1. The maximum absolute atomic E-state index is 13.3. The van der Waals surface area contributed by atoms with Gasteiger partial charge in [0.2, 0.25) is 0 Å². The van der Waals surface area contributed by atoms with E-state index in [0.717, 1.165) is 47.1 Å². The van der Waals surface area contributed by atoms with Gasteiger partial charge in [0.25, 0.3) is 15.9 Å². The summed E-state index contributed by atoms with van der Waals surface area (Å²) in [6.07, 6.45) is 1.58. The summed E-state index contributed by atoms with van der Waals surface area (Å²) in [4.78, 5) is 15.0. The zero-order valence-corrected chi connectivity index (χ0v) is 18.4. The van der Waals surface area contributed by atoms with Crippen molar-refractivity contribution in [3.05, 3.63) is 59.7 Å². The lowest BCUT2D eigenvalue weighted by Gasteiger charge is -2.25. The molecule has 0 atom stereocenters. The first kappa shape index (κ1) is 22.0. The highest BCUT2D eigenvalue weighted by Gasteiger charge is 2.27. The topological polar surface area (TPSA) is 82.1 Å². The summed E-state index contributed by atoms with van der Waals surface area (Å²) < 4.78 is 27.8. The molecule has 1 fully saturated rings. The van der Waals surface area contributed by atoms with E-state index in [9.17, 15) is 13.2 Å². The van der Waals surface area contributed by atoms with E-state index in [4.69, 9.17) is 0 Å². The van der Waals surface area contributed by atoms with Crippen LogP contribution in [-0.2, 0) is 14.8 Å². The van der Waals surface area contributed by atoms with Crippen molar-refractivity contribution in [3.8, 4) is 0 Å². The highest BCUT2D eigenvalue weighted by molar-refractivity contribution is 7.92. The minimum atomic E-state index is -3.92. The third-order valence-corrected chi connectivity index (χ3v) is 6.80. The highest BCUT2D eigenvalue weighted by atomic mass is 32.2. The Hall–Kier alpha value is -2.71. The number of piperidine rings is 1. The lowest BCUT2D eigenvalue weighted by molar-refractivity contribution is -0.119. The fourth-order valence-corrected chi connectivity index (χ4v) is 4.85. The molecule has 1 N–H and O–H groups in total. The monoisotopic (exact) mass is 428 g/mol. The molecule has 2 aromatic rings. The van der Waals surface area contributed by atoms with Gasteiger partial charge in [0, 0.05) is 31.6 Å². The lowest BCUT2D eigenvalue weighted by Crippen LogP contribution is -2.40. The average molecular weight is 429 g/mol. The fraction of sp³-hybridized carbons (Fsp3) is 0.364. The smallest absolute Gasteiger partial charge is 0.264 e. The van der Waals surface area contributed by atoms with Crippen LogP contribution in [0.1, 0.15) is 24.0 Å². The van der Waals surface area contributed by atoms with Crippen molar-refractivity contribution >= 4 is 27.3 Å². The normalized spacial score (nSPS) is 15.0. The molecule has 7 nitrogen and oxygen atoms in total. The number of likely N-dealkylation sites (tertiary alicyclic amines) is 1. The first-order valence-electron chi connectivity index (χ1n) is 9.94. The van der Waals surface area contributed by atoms with Gasteiger partial charge in [-0.05, 0) is 56.3 Å². The van der Waals surface area contributed by atoms with Gasteiger partial charge < -0.3 is 4.90 Å². The van der Waals surface area contributed by atoms with E-state index in [1.54, 1.807) is 30.3 Å². The van der Waals surface area contributed by atoms with Gasteiger partial charge in [-0.25, -0.2) is 13.8 Å². The van der Waals surface area contributed by atoms with Crippen molar-refractivity contribution < 1.29 is 13.2 Å². The Labute approximate surface area is 178 Å². The van der Waals surface area contributed by atoms with Crippen molar-refractivity contribution in [3.63, 3.8) is 0 Å². The molecule has 1 saturated heterocycles. The number of hydrogen-bond donors (Lipinski definition) is 1. The molecule has 1 heterocycles. The van der Waals surface area contributed by atoms with Crippen LogP contribution in [0.25, 0.3) is 0 Å². The molecular weight excluding hydrogens is 400 g/mol. The van der Waals surface area contributed by atoms with Crippen LogP contribution < -0.4 is 9.73 Å². The molecule has 1 amide bonds. The van der Waals surface area contributed by atoms with Crippen molar-refractivity contribution in [1.82, 2.24) is 10.3 Å². The van der Waals surface area contributed by atoms with Gasteiger partial charge in [0.05, 0.1) is 10.6 Å². The lowest BCUT2D eigenvalue weighted by atomic mass is 10.1. The molecule has 0 bridgehead atoms. The number of nitrogens with one attached hydrogen (secondary N) is 1. The van der Waals surface area contributed by atoms with E-state index in [-0.39, 0.29) is 11.4 Å². The Morgan fingerprint density at radius 3 is 2.27 bits per heavy atom. The number of hydrogen-bond acceptors (Lipinski definition) is 5. The van der Waals surface area contributed by atoms with E-state index in [1.165, 1.54) is 12.1 Å². The van der Waals surface area contributed by atoms with Gasteiger partial charge in [-0.15, -0.1) is 0 Å². The van der Waals surface area contributed by atoms with Crippen LogP contribution >= 0.6 is 0 Å². The van der Waals surface area contributed by atoms with Crippen LogP contribution in [-0.4, -0.2) is 51.6 Å². The van der Waals surface area contributed by atoms with Crippen molar-refractivity contribution in [2.24, 2.45) is 5.10 Å². The SMILES string of the molecule is Cc1cc(C)cc(N(CC(=O)NN=C2CCN(C)CC2)S(=O)(=O)c2ccccc2)c1. The quantitative estimate of drug-likeness (QED) is 0.717. The number of sulfonamides is 1. The summed E-state index contributed by atoms with van der Waals surface area (Å²) in [6, 6.07) is 13.6. The molecule has 0 unspecified atom stereocenters. The van der Waals surface area contributed by atoms with Crippen molar-refractivity contribution in [2.75, 3.05) is 31.0 Å². The zero-order chi connectivity index (χ0) is 21.7. The summed E-state index contributed by atoms with van der Waals surface area (Å²) in [5.41, 5.74) is 5.77. The second-order valence-corrected chi connectivity index (χ2v) is 9.55. The Bertz CT molecular complexity index is 1010. The molecular formula is C22H28N4O3S. The minimum absolute atomic E-state index is 0.138. The number of aryl methyl sites for hydroxylation is 2. The number of benzene rings is 2. The maximum atomic E-state index is 13.3. The summed E-state index contributed by atoms with van der Waals surface area (Å²) in [5.74, 6) is -0.472. The summed E-state index contributed by atoms with van der Waals surface area (Å²) in [5, 5.41) is 4.22. The minimum Gasteiger partial charge on any atom is -0.306 e. The number of hydrazone groups is 1. The first-order valence-corrected chi connectivity index (χ1v) is 11.4. The second-order valence-electron chi connectivity index (χ2n) is 7.69. The molecule has 0 saturated carbocycles. The van der Waals surface area contributed by atoms with Crippen LogP contribution in [0.5, 0.6) is 0 Å². The van der Waals surface area contributed by atoms with Gasteiger partial charge in [0.15, 0.2) is 0 Å². The van der Waals surface area contributed by atoms with Gasteiger partial charge in [-0.2, -0.15) is 5.10 Å². The second kappa shape index (κ2) is 9.40. The molecule has 30 heavy (non-hydrogen) atoms. The van der Waals surface area contributed by atoms with Crippen molar-refractivity contribution in [1.29, 1.82) is 0 Å². The van der Waals surface area contributed by atoms with Crippen LogP contribution in [0.4, 0.5) is 5.69 Å². The van der Waals surface area contributed by atoms with E-state index in [0.29, 0.717) is 5.69 Å². The Morgan fingerprint density at radius 2 is 1.67 bits per heavy atom. The molecule has 0 radical (unpaired) electrons. The van der Waals surface area contributed by atoms with E-state index in [2.05, 4.69) is 15.4 Å². The summed E-state index contributed by atoms with van der Waals surface area (Å²) in [6.45, 7) is 5.24. The molecule has 0 aromatic heterocycles. The van der Waals surface area contributed by atoms with Crippen molar-refractivity contribution in [2.45, 2.75) is 31.6 Å². The van der Waals surface area contributed by atoms with E-state index in [1.807, 2.05) is 27.0 Å². The molecule has 3 rings (SSSR count). The average Bonchev–Trinajstić information content (AvgIpc) is 2.71. The van der Waals surface area contributed by atoms with Crippen LogP contribution in [0.15, 0.2) is 58.5 Å². The predicted molar refractivity (Wildman–Crippen MR) is 119 cm³/mol. The number of amides is 1. The van der Waals surface area contributed by atoms with E-state index >= 15 is 0 Å². The van der Waals surface area contributed by atoms with Crippen LogP contribution in [0.3, 0.4) is 0 Å². The van der Waals surface area contributed by atoms with Gasteiger partial charge in [-0.1, -0.05) is 24.3 Å². The number of nitrogens with zero attached hydrogens (tertiary/aromatic N) is 3. The Balaban J connectivity index is 1.86. The van der Waals surface area contributed by atoms with Crippen LogP contribution in [0, 0.1) is 13.8 Å². The summed E-state index contributed by atoms with van der Waals surface area (Å²) in [7, 11) is -1.87. The third-order valence-electron chi connectivity index (χ3n) is 5.02. The molecule has 0 spiro atoms. The molecule has 160 valence electrons. The largest absolute Gasteiger partial charge is 0.306 e. The van der Waals surface area contributed by atoms with E-state index < -0.39 is 15.9 Å². The van der Waals surface area contributed by atoms with Crippen LogP contribution in [0.2, 0.25) is 0 Å². The predicted octanol–water partition coefficient (Wildman–Crippen LogP) is 2.70. The zero-order valence-electron chi connectivity index (χ0n) is 17.6. The third kappa shape index (κ3) is 5.46.